The number of nitrogens with two attached hydrogens (primary N) is 2. The summed E-state index contributed by atoms with van der Waals surface area (Å²) in [6, 6.07) is 0. The fraction of sp³-hybridized carbons (Fsp3) is 0.133. The van der Waals surface area contributed by atoms with Gasteiger partial charge in [0.2, 0.25) is 5.91 Å². The highest BCUT2D eigenvalue weighted by molar-refractivity contribution is 7.16. The molecule has 1 unspecified atom stereocenters. The minimum Gasteiger partial charge on any atom is -0.367 e. The van der Waals surface area contributed by atoms with E-state index in [2.05, 4.69) is 15.0 Å². The zero-order valence-corrected chi connectivity index (χ0v) is 13.0. The van der Waals surface area contributed by atoms with E-state index < -0.39 is 17.4 Å². The zero-order chi connectivity index (χ0) is 16.6. The molecule has 0 bridgehead atoms. The molecule has 3 heterocycles. The number of amides is 2. The Bertz CT molecular complexity index is 842. The van der Waals surface area contributed by atoms with Crippen LogP contribution in [0.5, 0.6) is 0 Å². The van der Waals surface area contributed by atoms with Gasteiger partial charge in [-0.2, -0.15) is 0 Å². The van der Waals surface area contributed by atoms with Crippen molar-refractivity contribution >= 4 is 29.4 Å². The summed E-state index contributed by atoms with van der Waals surface area (Å²) >= 11 is 1.22. The number of rotatable bonds is 4. The van der Waals surface area contributed by atoms with Gasteiger partial charge in [0.25, 0.3) is 5.91 Å². The monoisotopic (exact) mass is 327 g/mol. The standard InChI is InChI=1S/C15H13N5O2S/c1-8-10(13(16)21)12(15(14(17)22)3-2-4-20-15)23-11(8)9-7-18-5-6-19-9/h2-7H,1H3,(H2,16,21)(H2,17,22). The summed E-state index contributed by atoms with van der Waals surface area (Å²) in [7, 11) is 0. The Morgan fingerprint density at radius 1 is 1.26 bits per heavy atom. The molecule has 1 aliphatic heterocycles. The Morgan fingerprint density at radius 2 is 2.04 bits per heavy atom. The molecule has 23 heavy (non-hydrogen) atoms. The molecule has 1 aliphatic rings. The van der Waals surface area contributed by atoms with E-state index in [1.54, 1.807) is 37.7 Å². The van der Waals surface area contributed by atoms with Crippen LogP contribution in [0.1, 0.15) is 20.8 Å². The summed E-state index contributed by atoms with van der Waals surface area (Å²) in [6.07, 6.45) is 9.34. The second kappa shape index (κ2) is 5.40. The Balaban J connectivity index is 2.30. The molecule has 0 fully saturated rings. The summed E-state index contributed by atoms with van der Waals surface area (Å²) in [5.74, 6) is -1.31. The molecule has 8 heteroatoms. The zero-order valence-electron chi connectivity index (χ0n) is 12.2. The number of carbonyl (C=O) groups is 2. The van der Waals surface area contributed by atoms with Gasteiger partial charge in [-0.15, -0.1) is 11.3 Å². The first kappa shape index (κ1) is 15.0. The number of aromatic nitrogens is 2. The topological polar surface area (TPSA) is 124 Å². The molecule has 2 aromatic rings. The third-order valence-electron chi connectivity index (χ3n) is 3.61. The number of thiophene rings is 1. The van der Waals surface area contributed by atoms with Gasteiger partial charge in [0.05, 0.1) is 27.2 Å². The Morgan fingerprint density at radius 3 is 2.57 bits per heavy atom. The highest BCUT2D eigenvalue weighted by atomic mass is 32.1. The van der Waals surface area contributed by atoms with Crippen LogP contribution in [-0.4, -0.2) is 28.0 Å². The number of aliphatic imine (C=N–C) groups is 1. The van der Waals surface area contributed by atoms with Gasteiger partial charge in [-0.1, -0.05) is 0 Å². The Labute approximate surface area is 135 Å². The quantitative estimate of drug-likeness (QED) is 0.866. The van der Waals surface area contributed by atoms with Crippen LogP contribution in [0.3, 0.4) is 0 Å². The van der Waals surface area contributed by atoms with Crippen molar-refractivity contribution in [3.05, 3.63) is 46.7 Å². The minimum atomic E-state index is -1.40. The van der Waals surface area contributed by atoms with Gasteiger partial charge < -0.3 is 11.5 Å². The van der Waals surface area contributed by atoms with Gasteiger partial charge in [-0.25, -0.2) is 0 Å². The van der Waals surface area contributed by atoms with E-state index in [0.29, 0.717) is 21.0 Å². The molecule has 0 radical (unpaired) electrons. The van der Waals surface area contributed by atoms with Crippen LogP contribution in [0.2, 0.25) is 0 Å². The van der Waals surface area contributed by atoms with Crippen molar-refractivity contribution in [2.45, 2.75) is 12.5 Å². The van der Waals surface area contributed by atoms with Crippen molar-refractivity contribution in [1.82, 2.24) is 9.97 Å². The first-order valence-electron chi connectivity index (χ1n) is 6.70. The smallest absolute Gasteiger partial charge is 0.254 e. The lowest BCUT2D eigenvalue weighted by Crippen LogP contribution is -2.37. The van der Waals surface area contributed by atoms with E-state index in [1.165, 1.54) is 17.6 Å². The maximum atomic E-state index is 12.0. The molecule has 0 aromatic carbocycles. The molecule has 116 valence electrons. The minimum absolute atomic E-state index is 0.248. The van der Waals surface area contributed by atoms with Crippen LogP contribution in [0.15, 0.2) is 35.7 Å². The lowest BCUT2D eigenvalue weighted by Gasteiger charge is -2.20. The predicted octanol–water partition coefficient (Wildman–Crippen LogP) is 0.934. The summed E-state index contributed by atoms with van der Waals surface area (Å²) in [4.78, 5) is 37.6. The van der Waals surface area contributed by atoms with Crippen LogP contribution in [0.4, 0.5) is 0 Å². The second-order valence-electron chi connectivity index (χ2n) is 4.98. The number of allylic oxidation sites excluding steroid dienone is 1. The number of carbonyl (C=O) groups excluding carboxylic acids is 2. The molecule has 2 amide bonds. The molecule has 0 saturated carbocycles. The summed E-state index contributed by atoms with van der Waals surface area (Å²) in [6.45, 7) is 1.75. The van der Waals surface area contributed by atoms with Gasteiger partial charge in [-0.05, 0) is 24.6 Å². The van der Waals surface area contributed by atoms with E-state index in [0.717, 1.165) is 0 Å². The van der Waals surface area contributed by atoms with Crippen LogP contribution >= 0.6 is 11.3 Å². The van der Waals surface area contributed by atoms with Gasteiger partial charge in [0.1, 0.15) is 0 Å². The fourth-order valence-electron chi connectivity index (χ4n) is 2.52. The molecule has 7 nitrogen and oxygen atoms in total. The van der Waals surface area contributed by atoms with E-state index in [4.69, 9.17) is 11.5 Å². The van der Waals surface area contributed by atoms with Crippen molar-refractivity contribution in [2.75, 3.05) is 0 Å². The number of hydrogen-bond donors (Lipinski definition) is 2. The lowest BCUT2D eigenvalue weighted by molar-refractivity contribution is -0.121. The third kappa shape index (κ3) is 2.23. The SMILES string of the molecule is Cc1c(-c2cnccn2)sc(C2(C(N)=O)C=CC=N2)c1C(N)=O. The van der Waals surface area contributed by atoms with Crippen LogP contribution in [0.25, 0.3) is 10.6 Å². The summed E-state index contributed by atoms with van der Waals surface area (Å²) < 4.78 is 0. The number of primary amides is 2. The van der Waals surface area contributed by atoms with Crippen LogP contribution in [-0.2, 0) is 10.3 Å². The lowest BCUT2D eigenvalue weighted by atomic mass is 9.92. The maximum Gasteiger partial charge on any atom is 0.254 e. The maximum absolute atomic E-state index is 12.0. The van der Waals surface area contributed by atoms with Gasteiger partial charge in [-0.3, -0.25) is 24.5 Å². The largest absolute Gasteiger partial charge is 0.367 e. The second-order valence-corrected chi connectivity index (χ2v) is 6.00. The van der Waals surface area contributed by atoms with Crippen molar-refractivity contribution in [1.29, 1.82) is 0 Å². The van der Waals surface area contributed by atoms with Crippen LogP contribution in [0, 0.1) is 6.92 Å². The molecule has 1 atom stereocenters. The molecular formula is C15H13N5O2S. The molecule has 2 aromatic heterocycles. The van der Waals surface area contributed by atoms with E-state index in [9.17, 15) is 9.59 Å². The highest BCUT2D eigenvalue weighted by Crippen LogP contribution is 2.43. The first-order chi connectivity index (χ1) is 11.0. The fourth-order valence-corrected chi connectivity index (χ4v) is 3.92. The summed E-state index contributed by atoms with van der Waals surface area (Å²) in [5.41, 5.74) is 11.2. The van der Waals surface area contributed by atoms with E-state index in [1.807, 2.05) is 0 Å². The van der Waals surface area contributed by atoms with E-state index in [-0.39, 0.29) is 5.56 Å². The average molecular weight is 327 g/mol. The highest BCUT2D eigenvalue weighted by Gasteiger charge is 2.42. The molecule has 3 rings (SSSR count). The molecular weight excluding hydrogens is 314 g/mol. The summed E-state index contributed by atoms with van der Waals surface area (Å²) in [5, 5.41) is 0. The number of nitrogens with zero attached hydrogens (tertiary/aromatic N) is 3. The molecule has 0 aliphatic carbocycles. The third-order valence-corrected chi connectivity index (χ3v) is 5.05. The van der Waals surface area contributed by atoms with Crippen molar-refractivity contribution in [2.24, 2.45) is 16.5 Å². The predicted molar refractivity (Wildman–Crippen MR) is 87.1 cm³/mol. The first-order valence-corrected chi connectivity index (χ1v) is 7.52. The van der Waals surface area contributed by atoms with Gasteiger partial charge >= 0.3 is 0 Å². The number of hydrogen-bond acceptors (Lipinski definition) is 6. The van der Waals surface area contributed by atoms with Crippen LogP contribution < -0.4 is 11.5 Å². The van der Waals surface area contributed by atoms with Gasteiger partial charge in [0.15, 0.2) is 5.54 Å². The van der Waals surface area contributed by atoms with Crippen molar-refractivity contribution in [3.63, 3.8) is 0 Å². The molecule has 0 spiro atoms. The van der Waals surface area contributed by atoms with E-state index >= 15 is 0 Å². The molecule has 4 N–H and O–H groups in total. The Hall–Kier alpha value is -2.87. The van der Waals surface area contributed by atoms with Gasteiger partial charge in [0, 0.05) is 18.6 Å². The average Bonchev–Trinajstić information content (AvgIpc) is 3.13. The molecule has 0 saturated heterocycles. The van der Waals surface area contributed by atoms with Crippen molar-refractivity contribution in [3.8, 4) is 10.6 Å². The van der Waals surface area contributed by atoms with Crippen molar-refractivity contribution < 1.29 is 9.59 Å². The normalized spacial score (nSPS) is 19.2. The Kier molecular flexibility index (Phi) is 3.53.